The highest BCUT2D eigenvalue weighted by Crippen LogP contribution is 2.07. The first kappa shape index (κ1) is 16.2. The van der Waals surface area contributed by atoms with Crippen molar-refractivity contribution in [2.75, 3.05) is 20.1 Å². The van der Waals surface area contributed by atoms with Gasteiger partial charge in [0.2, 0.25) is 5.91 Å². The van der Waals surface area contributed by atoms with Crippen LogP contribution in [0.15, 0.2) is 0 Å². The fourth-order valence-corrected chi connectivity index (χ4v) is 1.15. The fraction of sp³-hybridized carbons (Fsp3) is 0.727. The number of carboxylic acid groups (broad SMARTS) is 1. The second-order valence-electron chi connectivity index (χ2n) is 4.42. The van der Waals surface area contributed by atoms with Crippen LogP contribution in [0.2, 0.25) is 0 Å². The minimum absolute atomic E-state index is 0.0482. The van der Waals surface area contributed by atoms with E-state index < -0.39 is 18.4 Å². The molecule has 0 aromatic heterocycles. The zero-order valence-corrected chi connectivity index (χ0v) is 11.2. The van der Waals surface area contributed by atoms with Gasteiger partial charge < -0.3 is 20.6 Å². The lowest BCUT2D eigenvalue weighted by Gasteiger charge is -2.27. The molecule has 0 fully saturated rings. The van der Waals surface area contributed by atoms with Crippen LogP contribution in [0.4, 0.5) is 4.79 Å². The molecule has 0 radical (unpaired) electrons. The summed E-state index contributed by atoms with van der Waals surface area (Å²) in [5.74, 6) is -1.35. The van der Waals surface area contributed by atoms with Crippen LogP contribution >= 0.6 is 0 Å². The lowest BCUT2D eigenvalue weighted by molar-refractivity contribution is -0.137. The fourth-order valence-electron chi connectivity index (χ4n) is 1.15. The largest absolute Gasteiger partial charge is 0.480 e. The number of nitrogens with one attached hydrogen (secondary N) is 2. The van der Waals surface area contributed by atoms with Crippen molar-refractivity contribution in [1.82, 2.24) is 15.5 Å². The lowest BCUT2D eigenvalue weighted by atomic mass is 10.1. The van der Waals surface area contributed by atoms with Crippen LogP contribution in [-0.2, 0) is 9.59 Å². The molecule has 0 aliphatic heterocycles. The number of urea groups is 1. The molecular weight excluding hydrogens is 238 g/mol. The average Bonchev–Trinajstić information content (AvgIpc) is 2.31. The highest BCUT2D eigenvalue weighted by molar-refractivity contribution is 5.86. The van der Waals surface area contributed by atoms with Gasteiger partial charge in [-0.2, -0.15) is 0 Å². The SMILES string of the molecule is CC(C)C(C)N(C)C(=O)NCC(=O)NCC(=O)O. The molecule has 0 aromatic rings. The molecule has 104 valence electrons. The van der Waals surface area contributed by atoms with Gasteiger partial charge in [-0.3, -0.25) is 9.59 Å². The quantitative estimate of drug-likeness (QED) is 0.619. The van der Waals surface area contributed by atoms with E-state index in [-0.39, 0.29) is 18.6 Å². The van der Waals surface area contributed by atoms with Crippen molar-refractivity contribution < 1.29 is 19.5 Å². The number of aliphatic carboxylic acids is 1. The highest BCUT2D eigenvalue weighted by Gasteiger charge is 2.18. The molecule has 0 heterocycles. The zero-order chi connectivity index (χ0) is 14.3. The second-order valence-corrected chi connectivity index (χ2v) is 4.42. The molecule has 7 nitrogen and oxygen atoms in total. The Hall–Kier alpha value is -1.79. The molecule has 3 amide bonds. The molecule has 0 saturated carbocycles. The Labute approximate surface area is 107 Å². The third-order valence-corrected chi connectivity index (χ3v) is 2.73. The maximum atomic E-state index is 11.7. The van der Waals surface area contributed by atoms with Crippen molar-refractivity contribution in [3.8, 4) is 0 Å². The Morgan fingerprint density at radius 3 is 2.11 bits per heavy atom. The standard InChI is InChI=1S/C11H21N3O4/c1-7(2)8(3)14(4)11(18)13-5-9(15)12-6-10(16)17/h7-8H,5-6H2,1-4H3,(H,12,15)(H,13,18)(H,16,17). The molecule has 7 heteroatoms. The van der Waals surface area contributed by atoms with Crippen LogP contribution in [0.1, 0.15) is 20.8 Å². The van der Waals surface area contributed by atoms with E-state index in [1.54, 1.807) is 7.05 Å². The van der Waals surface area contributed by atoms with Crippen LogP contribution in [-0.4, -0.2) is 54.1 Å². The Balaban J connectivity index is 4.02. The van der Waals surface area contributed by atoms with Crippen LogP contribution in [0, 0.1) is 5.92 Å². The van der Waals surface area contributed by atoms with Gasteiger partial charge in [0.05, 0.1) is 6.54 Å². The number of hydrogen-bond donors (Lipinski definition) is 3. The van der Waals surface area contributed by atoms with Gasteiger partial charge in [0.25, 0.3) is 0 Å². The Morgan fingerprint density at radius 2 is 1.67 bits per heavy atom. The summed E-state index contributed by atoms with van der Waals surface area (Å²) >= 11 is 0. The summed E-state index contributed by atoms with van der Waals surface area (Å²) in [6, 6.07) is -0.311. The summed E-state index contributed by atoms with van der Waals surface area (Å²) < 4.78 is 0. The number of carbonyl (C=O) groups is 3. The Morgan fingerprint density at radius 1 is 1.11 bits per heavy atom. The molecule has 3 N–H and O–H groups in total. The minimum Gasteiger partial charge on any atom is -0.480 e. The summed E-state index contributed by atoms with van der Waals surface area (Å²) in [4.78, 5) is 34.5. The van der Waals surface area contributed by atoms with Crippen molar-refractivity contribution in [2.45, 2.75) is 26.8 Å². The summed E-state index contributed by atoms with van der Waals surface area (Å²) in [6.07, 6.45) is 0. The third-order valence-electron chi connectivity index (χ3n) is 2.73. The lowest BCUT2D eigenvalue weighted by Crippen LogP contribution is -2.47. The monoisotopic (exact) mass is 259 g/mol. The topological polar surface area (TPSA) is 98.7 Å². The third kappa shape index (κ3) is 6.07. The molecule has 0 bridgehead atoms. The first-order valence-corrected chi connectivity index (χ1v) is 5.74. The predicted molar refractivity (Wildman–Crippen MR) is 66.1 cm³/mol. The van der Waals surface area contributed by atoms with Crippen LogP contribution in [0.3, 0.4) is 0 Å². The number of hydrogen-bond acceptors (Lipinski definition) is 3. The number of nitrogens with zero attached hydrogens (tertiary/aromatic N) is 1. The van der Waals surface area contributed by atoms with Crippen molar-refractivity contribution >= 4 is 17.9 Å². The molecule has 1 unspecified atom stereocenters. The molecular formula is C11H21N3O4. The number of rotatable bonds is 6. The highest BCUT2D eigenvalue weighted by atomic mass is 16.4. The molecule has 0 aromatic carbocycles. The predicted octanol–water partition coefficient (Wildman–Crippen LogP) is -0.127. The number of carbonyl (C=O) groups excluding carboxylic acids is 2. The van der Waals surface area contributed by atoms with Crippen LogP contribution in [0.5, 0.6) is 0 Å². The van der Waals surface area contributed by atoms with Gasteiger partial charge >= 0.3 is 12.0 Å². The number of amides is 3. The maximum absolute atomic E-state index is 11.7. The van der Waals surface area contributed by atoms with E-state index in [9.17, 15) is 14.4 Å². The van der Waals surface area contributed by atoms with Gasteiger partial charge in [-0.1, -0.05) is 13.8 Å². The van der Waals surface area contributed by atoms with Crippen LogP contribution < -0.4 is 10.6 Å². The summed E-state index contributed by atoms with van der Waals surface area (Å²) in [7, 11) is 1.65. The molecule has 0 aliphatic rings. The molecule has 1 atom stereocenters. The normalized spacial score (nSPS) is 11.8. The molecule has 0 rings (SSSR count). The molecule has 0 saturated heterocycles. The van der Waals surface area contributed by atoms with E-state index in [0.29, 0.717) is 5.92 Å². The summed E-state index contributed by atoms with van der Waals surface area (Å²) in [5, 5.41) is 12.9. The van der Waals surface area contributed by atoms with Crippen LogP contribution in [0.25, 0.3) is 0 Å². The molecule has 0 aliphatic carbocycles. The van der Waals surface area contributed by atoms with Crippen molar-refractivity contribution in [3.63, 3.8) is 0 Å². The second kappa shape index (κ2) is 7.52. The Bertz CT molecular complexity index is 317. The van der Waals surface area contributed by atoms with Gasteiger partial charge in [-0.05, 0) is 12.8 Å². The van der Waals surface area contributed by atoms with E-state index in [1.165, 1.54) is 4.90 Å². The first-order valence-electron chi connectivity index (χ1n) is 5.74. The maximum Gasteiger partial charge on any atom is 0.322 e. The zero-order valence-electron chi connectivity index (χ0n) is 11.2. The van der Waals surface area contributed by atoms with Gasteiger partial charge in [0.15, 0.2) is 0 Å². The minimum atomic E-state index is -1.12. The van der Waals surface area contributed by atoms with Crippen molar-refractivity contribution in [1.29, 1.82) is 0 Å². The first-order chi connectivity index (χ1) is 8.25. The molecule has 0 spiro atoms. The van der Waals surface area contributed by atoms with E-state index in [1.807, 2.05) is 20.8 Å². The molecule has 18 heavy (non-hydrogen) atoms. The summed E-state index contributed by atoms with van der Waals surface area (Å²) in [5.41, 5.74) is 0. The average molecular weight is 259 g/mol. The van der Waals surface area contributed by atoms with E-state index in [4.69, 9.17) is 5.11 Å². The van der Waals surface area contributed by atoms with Crippen molar-refractivity contribution in [2.24, 2.45) is 5.92 Å². The van der Waals surface area contributed by atoms with E-state index in [2.05, 4.69) is 10.6 Å². The van der Waals surface area contributed by atoms with Gasteiger partial charge in [0.1, 0.15) is 6.54 Å². The van der Waals surface area contributed by atoms with E-state index >= 15 is 0 Å². The Kier molecular flexibility index (Phi) is 6.77. The van der Waals surface area contributed by atoms with E-state index in [0.717, 1.165) is 0 Å². The van der Waals surface area contributed by atoms with Crippen molar-refractivity contribution in [3.05, 3.63) is 0 Å². The number of carboxylic acids is 1. The van der Waals surface area contributed by atoms with Gasteiger partial charge in [-0.25, -0.2) is 4.79 Å². The smallest absolute Gasteiger partial charge is 0.322 e. The van der Waals surface area contributed by atoms with Gasteiger partial charge in [0, 0.05) is 13.1 Å². The van der Waals surface area contributed by atoms with Gasteiger partial charge in [-0.15, -0.1) is 0 Å². The summed E-state index contributed by atoms with van der Waals surface area (Å²) in [6.45, 7) is 5.21.